The number of aliphatic hydroxyl groups is 3. The molecule has 0 radical (unpaired) electrons. The summed E-state index contributed by atoms with van der Waals surface area (Å²) >= 11 is 0. The van der Waals surface area contributed by atoms with E-state index < -0.39 is 12.2 Å². The summed E-state index contributed by atoms with van der Waals surface area (Å²) in [6.45, 7) is 4.65. The zero-order valence-corrected chi connectivity index (χ0v) is 15.6. The third-order valence-electron chi connectivity index (χ3n) is 4.39. The summed E-state index contributed by atoms with van der Waals surface area (Å²) in [5.74, 6) is 0. The first-order chi connectivity index (χ1) is 12.6. The Bertz CT molecular complexity index is 631. The third-order valence-corrected chi connectivity index (χ3v) is 4.39. The first-order valence-electron chi connectivity index (χ1n) is 9.45. The van der Waals surface area contributed by atoms with Crippen molar-refractivity contribution in [2.75, 3.05) is 39.5 Å². The highest BCUT2D eigenvalue weighted by Crippen LogP contribution is 2.15. The molecule has 1 aromatic heterocycles. The Morgan fingerprint density at radius 3 is 2.65 bits per heavy atom. The van der Waals surface area contributed by atoms with Gasteiger partial charge >= 0.3 is 0 Å². The minimum absolute atomic E-state index is 0.0113. The Morgan fingerprint density at radius 1 is 1.12 bits per heavy atom. The van der Waals surface area contributed by atoms with Crippen LogP contribution >= 0.6 is 0 Å². The molecule has 0 saturated carbocycles. The van der Waals surface area contributed by atoms with Crippen LogP contribution in [0.25, 0.3) is 10.9 Å². The third kappa shape index (κ3) is 6.70. The van der Waals surface area contributed by atoms with E-state index in [4.69, 9.17) is 4.74 Å². The lowest BCUT2D eigenvalue weighted by Crippen LogP contribution is -2.42. The summed E-state index contributed by atoms with van der Waals surface area (Å²) in [6.07, 6.45) is 2.80. The fraction of sp³-hybridized carbons (Fsp3) is 0.600. The number of aromatic nitrogens is 1. The number of hydrogen-bond donors (Lipinski definition) is 3. The zero-order valence-electron chi connectivity index (χ0n) is 15.6. The molecule has 146 valence electrons. The molecule has 1 aromatic carbocycles. The van der Waals surface area contributed by atoms with E-state index in [1.165, 1.54) is 0 Å². The summed E-state index contributed by atoms with van der Waals surface area (Å²) in [5.41, 5.74) is 1.09. The number of nitrogens with zero attached hydrogens (tertiary/aromatic N) is 2. The molecule has 6 heteroatoms. The van der Waals surface area contributed by atoms with E-state index in [2.05, 4.69) is 6.92 Å². The van der Waals surface area contributed by atoms with Gasteiger partial charge in [-0.3, -0.25) is 4.90 Å². The van der Waals surface area contributed by atoms with Crippen molar-refractivity contribution < 1.29 is 20.1 Å². The van der Waals surface area contributed by atoms with Gasteiger partial charge in [0.05, 0.1) is 25.4 Å². The molecule has 0 aliphatic rings. The van der Waals surface area contributed by atoms with Crippen LogP contribution in [-0.4, -0.2) is 76.4 Å². The molecule has 0 spiro atoms. The molecule has 3 N–H and O–H groups in total. The van der Waals surface area contributed by atoms with Crippen LogP contribution in [0, 0.1) is 0 Å². The number of benzene rings is 1. The van der Waals surface area contributed by atoms with Gasteiger partial charge in [0.1, 0.15) is 0 Å². The lowest BCUT2D eigenvalue weighted by atomic mass is 10.2. The molecule has 2 rings (SSSR count). The number of para-hydroxylation sites is 1. The molecular weight excluding hydrogens is 332 g/mol. The van der Waals surface area contributed by atoms with Gasteiger partial charge in [0, 0.05) is 44.5 Å². The molecule has 2 aromatic rings. The molecule has 2 atom stereocenters. The number of rotatable bonds is 13. The molecule has 0 aliphatic heterocycles. The summed E-state index contributed by atoms with van der Waals surface area (Å²) in [5, 5.41) is 31.0. The largest absolute Gasteiger partial charge is 0.395 e. The van der Waals surface area contributed by atoms with Crippen LogP contribution in [0.1, 0.15) is 19.8 Å². The van der Waals surface area contributed by atoms with Crippen molar-refractivity contribution in [2.24, 2.45) is 0 Å². The Morgan fingerprint density at radius 2 is 1.88 bits per heavy atom. The highest BCUT2D eigenvalue weighted by atomic mass is 16.5. The normalized spacial score (nSPS) is 14.2. The number of aliphatic hydroxyl groups excluding tert-OH is 3. The SMILES string of the molecule is CCCCOCC(O)CN(CCO)CC(O)Cn1ccc2ccccc21. The van der Waals surface area contributed by atoms with Gasteiger partial charge in [-0.25, -0.2) is 0 Å². The molecule has 6 nitrogen and oxygen atoms in total. The van der Waals surface area contributed by atoms with Crippen LogP contribution in [0.3, 0.4) is 0 Å². The molecule has 0 aliphatic carbocycles. The number of ether oxygens (including phenoxy) is 1. The lowest BCUT2D eigenvalue weighted by Gasteiger charge is -2.27. The van der Waals surface area contributed by atoms with Gasteiger partial charge in [0.25, 0.3) is 0 Å². The first-order valence-corrected chi connectivity index (χ1v) is 9.45. The molecule has 0 fully saturated rings. The van der Waals surface area contributed by atoms with E-state index in [0.717, 1.165) is 23.7 Å². The Balaban J connectivity index is 1.83. The summed E-state index contributed by atoms with van der Waals surface area (Å²) in [4.78, 5) is 1.88. The molecular formula is C20H32N2O4. The Labute approximate surface area is 155 Å². The Hall–Kier alpha value is -1.44. The van der Waals surface area contributed by atoms with E-state index in [1.54, 1.807) is 0 Å². The van der Waals surface area contributed by atoms with Crippen molar-refractivity contribution in [2.45, 2.75) is 38.5 Å². The van der Waals surface area contributed by atoms with Crippen LogP contribution in [0.4, 0.5) is 0 Å². The molecule has 1 heterocycles. The van der Waals surface area contributed by atoms with Crippen LogP contribution in [0.2, 0.25) is 0 Å². The van der Waals surface area contributed by atoms with E-state index in [9.17, 15) is 15.3 Å². The molecule has 0 amide bonds. The zero-order chi connectivity index (χ0) is 18.8. The second kappa shape index (κ2) is 11.3. The van der Waals surface area contributed by atoms with Crippen molar-refractivity contribution >= 4 is 10.9 Å². The number of unbranched alkanes of at least 4 members (excludes halogenated alkanes) is 1. The lowest BCUT2D eigenvalue weighted by molar-refractivity contribution is 0.00248. The molecule has 0 saturated heterocycles. The monoisotopic (exact) mass is 364 g/mol. The second-order valence-electron chi connectivity index (χ2n) is 6.75. The van der Waals surface area contributed by atoms with Crippen molar-refractivity contribution in [3.8, 4) is 0 Å². The van der Waals surface area contributed by atoms with Crippen LogP contribution < -0.4 is 0 Å². The maximum atomic E-state index is 10.5. The van der Waals surface area contributed by atoms with Gasteiger partial charge in [-0.2, -0.15) is 0 Å². The Kier molecular flexibility index (Phi) is 9.08. The smallest absolute Gasteiger partial charge is 0.0900 e. The number of fused-ring (bicyclic) bond motifs is 1. The van der Waals surface area contributed by atoms with Crippen LogP contribution in [-0.2, 0) is 11.3 Å². The topological polar surface area (TPSA) is 78.1 Å². The van der Waals surface area contributed by atoms with E-state index in [1.807, 2.05) is 46.0 Å². The summed E-state index contributed by atoms with van der Waals surface area (Å²) < 4.78 is 7.48. The fourth-order valence-corrected chi connectivity index (χ4v) is 3.10. The minimum atomic E-state index is -0.627. The van der Waals surface area contributed by atoms with Gasteiger partial charge in [0.15, 0.2) is 0 Å². The van der Waals surface area contributed by atoms with E-state index in [0.29, 0.717) is 32.8 Å². The standard InChI is InChI=1S/C20H32N2O4/c1-2-3-12-26-16-19(25)14-21(10-11-23)13-18(24)15-22-9-8-17-6-4-5-7-20(17)22/h4-9,18-19,23-25H,2-3,10-16H2,1H3. The second-order valence-corrected chi connectivity index (χ2v) is 6.75. The van der Waals surface area contributed by atoms with Crippen molar-refractivity contribution in [3.05, 3.63) is 36.5 Å². The average Bonchev–Trinajstić information content (AvgIpc) is 3.02. The van der Waals surface area contributed by atoms with Crippen LogP contribution in [0.5, 0.6) is 0 Å². The molecule has 0 bridgehead atoms. The first kappa shape index (κ1) is 20.9. The van der Waals surface area contributed by atoms with Gasteiger partial charge in [0.2, 0.25) is 0 Å². The van der Waals surface area contributed by atoms with Crippen molar-refractivity contribution in [1.29, 1.82) is 0 Å². The van der Waals surface area contributed by atoms with Crippen LogP contribution in [0.15, 0.2) is 36.5 Å². The van der Waals surface area contributed by atoms with Crippen molar-refractivity contribution in [1.82, 2.24) is 9.47 Å². The summed E-state index contributed by atoms with van der Waals surface area (Å²) in [6, 6.07) is 10.1. The van der Waals surface area contributed by atoms with Gasteiger partial charge in [-0.15, -0.1) is 0 Å². The van der Waals surface area contributed by atoms with Crippen molar-refractivity contribution in [3.63, 3.8) is 0 Å². The number of hydrogen-bond acceptors (Lipinski definition) is 5. The van der Waals surface area contributed by atoms with E-state index in [-0.39, 0.29) is 13.2 Å². The maximum absolute atomic E-state index is 10.5. The fourth-order valence-electron chi connectivity index (χ4n) is 3.10. The minimum Gasteiger partial charge on any atom is -0.395 e. The maximum Gasteiger partial charge on any atom is 0.0900 e. The average molecular weight is 364 g/mol. The highest BCUT2D eigenvalue weighted by Gasteiger charge is 2.16. The molecule has 2 unspecified atom stereocenters. The summed E-state index contributed by atoms with van der Waals surface area (Å²) in [7, 11) is 0. The predicted molar refractivity (Wildman–Crippen MR) is 103 cm³/mol. The predicted octanol–water partition coefficient (Wildman–Crippen LogP) is 1.47. The highest BCUT2D eigenvalue weighted by molar-refractivity contribution is 5.79. The quantitative estimate of drug-likeness (QED) is 0.469. The molecule has 26 heavy (non-hydrogen) atoms. The van der Waals surface area contributed by atoms with Gasteiger partial charge in [-0.05, 0) is 23.9 Å². The van der Waals surface area contributed by atoms with Gasteiger partial charge < -0.3 is 24.6 Å². The van der Waals surface area contributed by atoms with Gasteiger partial charge in [-0.1, -0.05) is 31.5 Å². The van der Waals surface area contributed by atoms with E-state index >= 15 is 0 Å².